The molecule has 0 spiro atoms. The van der Waals surface area contributed by atoms with Crippen LogP contribution >= 0.6 is 0 Å². The third-order valence-corrected chi connectivity index (χ3v) is 3.31. The minimum atomic E-state index is -0.682. The number of hydrogen-bond donors (Lipinski definition) is 3. The van der Waals surface area contributed by atoms with Crippen molar-refractivity contribution in [1.29, 1.82) is 0 Å². The molecule has 5 heteroatoms. The van der Waals surface area contributed by atoms with Gasteiger partial charge in [-0.3, -0.25) is 0 Å². The molecule has 0 saturated carbocycles. The lowest BCUT2D eigenvalue weighted by Crippen LogP contribution is -2.45. The predicted molar refractivity (Wildman–Crippen MR) is 86.8 cm³/mol. The highest BCUT2D eigenvalue weighted by atomic mass is 16.6. The number of carbonyl (C=O) groups is 1. The molecule has 0 unspecified atom stereocenters. The molecule has 5 nitrogen and oxygen atoms in total. The number of amides is 1. The standard InChI is InChI=1S/C17H24N2O3/c1-11(20)15(19-16(21)22-17(2,3)4)10-13-9-12-7-5-6-8-14(12)18-13/h5-9,11,15,18,20H,10H2,1-4H3,(H,19,21)/t11-,15+/m1/s1. The summed E-state index contributed by atoms with van der Waals surface area (Å²) in [5.74, 6) is 0. The van der Waals surface area contributed by atoms with Crippen LogP contribution in [0, 0.1) is 0 Å². The maximum absolute atomic E-state index is 11.9. The molecule has 3 N–H and O–H groups in total. The lowest BCUT2D eigenvalue weighted by atomic mass is 10.1. The number of H-pyrrole nitrogens is 1. The number of para-hydroxylation sites is 1. The van der Waals surface area contributed by atoms with Gasteiger partial charge in [-0.05, 0) is 45.2 Å². The van der Waals surface area contributed by atoms with E-state index in [0.29, 0.717) is 6.42 Å². The molecule has 2 rings (SSSR count). The highest BCUT2D eigenvalue weighted by molar-refractivity contribution is 5.80. The monoisotopic (exact) mass is 304 g/mol. The van der Waals surface area contributed by atoms with E-state index in [-0.39, 0.29) is 0 Å². The molecule has 0 aliphatic rings. The summed E-state index contributed by atoms with van der Waals surface area (Å²) in [5, 5.41) is 13.8. The first-order chi connectivity index (χ1) is 10.2. The lowest BCUT2D eigenvalue weighted by Gasteiger charge is -2.25. The number of fused-ring (bicyclic) bond motifs is 1. The van der Waals surface area contributed by atoms with E-state index in [9.17, 15) is 9.90 Å². The fourth-order valence-electron chi connectivity index (χ4n) is 2.28. The summed E-state index contributed by atoms with van der Waals surface area (Å²) in [6.07, 6.45) is -0.695. The van der Waals surface area contributed by atoms with Crippen LogP contribution in [0.25, 0.3) is 10.9 Å². The number of carbonyl (C=O) groups excluding carboxylic acids is 1. The van der Waals surface area contributed by atoms with E-state index in [4.69, 9.17) is 4.74 Å². The van der Waals surface area contributed by atoms with Crippen molar-refractivity contribution >= 4 is 17.0 Å². The Hall–Kier alpha value is -2.01. The zero-order valence-corrected chi connectivity index (χ0v) is 13.5. The summed E-state index contributed by atoms with van der Waals surface area (Å²) in [6.45, 7) is 7.08. The van der Waals surface area contributed by atoms with Gasteiger partial charge in [0.05, 0.1) is 12.1 Å². The Labute approximate surface area is 130 Å². The second-order valence-corrected chi connectivity index (χ2v) is 6.58. The van der Waals surface area contributed by atoms with Gasteiger partial charge in [-0.1, -0.05) is 18.2 Å². The van der Waals surface area contributed by atoms with E-state index in [2.05, 4.69) is 10.3 Å². The molecule has 0 radical (unpaired) electrons. The van der Waals surface area contributed by atoms with E-state index < -0.39 is 23.8 Å². The number of aliphatic hydroxyl groups is 1. The molecule has 1 aromatic heterocycles. The number of aliphatic hydroxyl groups excluding tert-OH is 1. The fourth-order valence-corrected chi connectivity index (χ4v) is 2.28. The van der Waals surface area contributed by atoms with Crippen LogP contribution in [0.2, 0.25) is 0 Å². The molecule has 0 fully saturated rings. The van der Waals surface area contributed by atoms with Gasteiger partial charge in [-0.15, -0.1) is 0 Å². The van der Waals surface area contributed by atoms with Gasteiger partial charge in [0.1, 0.15) is 5.60 Å². The summed E-state index contributed by atoms with van der Waals surface area (Å²) < 4.78 is 5.24. The van der Waals surface area contributed by atoms with E-state index in [1.165, 1.54) is 0 Å². The third-order valence-electron chi connectivity index (χ3n) is 3.31. The zero-order chi connectivity index (χ0) is 16.3. The molecule has 0 aliphatic heterocycles. The maximum Gasteiger partial charge on any atom is 0.407 e. The Morgan fingerprint density at radius 3 is 2.64 bits per heavy atom. The number of alkyl carbamates (subject to hydrolysis) is 1. The van der Waals surface area contributed by atoms with Crippen molar-refractivity contribution < 1.29 is 14.6 Å². The number of aromatic amines is 1. The minimum Gasteiger partial charge on any atom is -0.444 e. The van der Waals surface area contributed by atoms with Crippen molar-refractivity contribution in [3.63, 3.8) is 0 Å². The number of aromatic nitrogens is 1. The van der Waals surface area contributed by atoms with Gasteiger partial charge in [0, 0.05) is 17.6 Å². The molecule has 0 aliphatic carbocycles. The number of rotatable bonds is 4. The molecule has 1 heterocycles. The van der Waals surface area contributed by atoms with E-state index in [0.717, 1.165) is 16.6 Å². The minimum absolute atomic E-state index is 0.414. The van der Waals surface area contributed by atoms with E-state index in [1.807, 2.05) is 51.1 Å². The Morgan fingerprint density at radius 2 is 2.05 bits per heavy atom. The average Bonchev–Trinajstić information content (AvgIpc) is 2.77. The van der Waals surface area contributed by atoms with Crippen LogP contribution in [-0.4, -0.2) is 33.9 Å². The second kappa shape index (κ2) is 6.40. The van der Waals surface area contributed by atoms with Gasteiger partial charge >= 0.3 is 6.09 Å². The van der Waals surface area contributed by atoms with Crippen molar-refractivity contribution in [1.82, 2.24) is 10.3 Å². The molecular formula is C17H24N2O3. The lowest BCUT2D eigenvalue weighted by molar-refractivity contribution is 0.0437. The second-order valence-electron chi connectivity index (χ2n) is 6.58. The van der Waals surface area contributed by atoms with Crippen LogP contribution in [0.5, 0.6) is 0 Å². The molecule has 120 valence electrons. The van der Waals surface area contributed by atoms with Gasteiger partial charge in [0.25, 0.3) is 0 Å². The number of ether oxygens (including phenoxy) is 1. The third kappa shape index (κ3) is 4.49. The first kappa shape index (κ1) is 16.4. The Bertz CT molecular complexity index is 608. The number of benzene rings is 1. The van der Waals surface area contributed by atoms with Crippen molar-refractivity contribution in [2.24, 2.45) is 0 Å². The highest BCUT2D eigenvalue weighted by Gasteiger charge is 2.23. The van der Waals surface area contributed by atoms with Gasteiger partial charge in [-0.25, -0.2) is 4.79 Å². The molecule has 2 aromatic rings. The summed E-state index contributed by atoms with van der Waals surface area (Å²) in [6, 6.07) is 9.58. The summed E-state index contributed by atoms with van der Waals surface area (Å²) in [5.41, 5.74) is 1.44. The highest BCUT2D eigenvalue weighted by Crippen LogP contribution is 2.17. The van der Waals surface area contributed by atoms with Crippen molar-refractivity contribution in [3.8, 4) is 0 Å². The number of hydrogen-bond acceptors (Lipinski definition) is 3. The van der Waals surface area contributed by atoms with Crippen LogP contribution in [0.1, 0.15) is 33.4 Å². The van der Waals surface area contributed by atoms with Crippen molar-refractivity contribution in [3.05, 3.63) is 36.0 Å². The normalized spacial score (nSPS) is 14.6. The smallest absolute Gasteiger partial charge is 0.407 e. The van der Waals surface area contributed by atoms with Gasteiger partial charge in [-0.2, -0.15) is 0 Å². The molecule has 0 saturated heterocycles. The van der Waals surface area contributed by atoms with Crippen molar-refractivity contribution in [2.45, 2.75) is 51.9 Å². The Kier molecular flexibility index (Phi) is 4.76. The average molecular weight is 304 g/mol. The Balaban J connectivity index is 2.06. The molecule has 2 atom stereocenters. The first-order valence-corrected chi connectivity index (χ1v) is 7.49. The summed E-state index contributed by atoms with van der Waals surface area (Å²) >= 11 is 0. The van der Waals surface area contributed by atoms with Crippen LogP contribution in [-0.2, 0) is 11.2 Å². The molecule has 0 bridgehead atoms. The van der Waals surface area contributed by atoms with Crippen LogP contribution in [0.15, 0.2) is 30.3 Å². The summed E-state index contributed by atoms with van der Waals surface area (Å²) in [7, 11) is 0. The van der Waals surface area contributed by atoms with E-state index >= 15 is 0 Å². The van der Waals surface area contributed by atoms with Crippen LogP contribution < -0.4 is 5.32 Å². The van der Waals surface area contributed by atoms with Crippen molar-refractivity contribution in [2.75, 3.05) is 0 Å². The quantitative estimate of drug-likeness (QED) is 0.813. The van der Waals surface area contributed by atoms with Crippen LogP contribution in [0.4, 0.5) is 4.79 Å². The summed E-state index contributed by atoms with van der Waals surface area (Å²) in [4.78, 5) is 15.2. The number of nitrogens with one attached hydrogen (secondary N) is 2. The van der Waals surface area contributed by atoms with E-state index in [1.54, 1.807) is 6.92 Å². The Morgan fingerprint density at radius 1 is 1.36 bits per heavy atom. The first-order valence-electron chi connectivity index (χ1n) is 7.49. The van der Waals surface area contributed by atoms with Gasteiger partial charge in [0.2, 0.25) is 0 Å². The van der Waals surface area contributed by atoms with Crippen LogP contribution in [0.3, 0.4) is 0 Å². The molecular weight excluding hydrogens is 280 g/mol. The predicted octanol–water partition coefficient (Wildman–Crippen LogP) is 2.98. The topological polar surface area (TPSA) is 74.4 Å². The molecule has 1 aromatic carbocycles. The zero-order valence-electron chi connectivity index (χ0n) is 13.5. The largest absolute Gasteiger partial charge is 0.444 e. The SMILES string of the molecule is C[C@@H](O)[C@H](Cc1cc2ccccc2[nH]1)NC(=O)OC(C)(C)C. The van der Waals surface area contributed by atoms with Gasteiger partial charge < -0.3 is 20.1 Å². The van der Waals surface area contributed by atoms with Gasteiger partial charge in [0.15, 0.2) is 0 Å². The molecule has 22 heavy (non-hydrogen) atoms. The fraction of sp³-hybridized carbons (Fsp3) is 0.471. The molecule has 1 amide bonds. The maximum atomic E-state index is 11.9.